The van der Waals surface area contributed by atoms with Crippen LogP contribution in [-0.2, 0) is 15.6 Å². The van der Waals surface area contributed by atoms with Gasteiger partial charge in [0.05, 0.1) is 5.69 Å². The molecule has 0 saturated carbocycles. The highest BCUT2D eigenvalue weighted by atomic mass is 32.2. The van der Waals surface area contributed by atoms with Gasteiger partial charge in [-0.2, -0.15) is 0 Å². The Morgan fingerprint density at radius 1 is 1.21 bits per heavy atom. The molecule has 3 rings (SSSR count). The van der Waals surface area contributed by atoms with Gasteiger partial charge >= 0.3 is 0 Å². The Kier molecular flexibility index (Phi) is 4.35. The first-order valence-corrected chi connectivity index (χ1v) is 8.86. The van der Waals surface area contributed by atoms with Crippen LogP contribution in [0.1, 0.15) is 17.3 Å². The van der Waals surface area contributed by atoms with Crippen molar-refractivity contribution in [1.82, 2.24) is 0 Å². The summed E-state index contributed by atoms with van der Waals surface area (Å²) in [6.45, 7) is 1.67. The van der Waals surface area contributed by atoms with E-state index in [1.807, 2.05) is 0 Å². The summed E-state index contributed by atoms with van der Waals surface area (Å²) < 4.78 is 16.8. The molecule has 124 valence electrons. The molecule has 0 aliphatic carbocycles. The van der Waals surface area contributed by atoms with Crippen molar-refractivity contribution < 1.29 is 18.5 Å². The summed E-state index contributed by atoms with van der Waals surface area (Å²) >= 11 is 0. The molecule has 2 amide bonds. The number of anilines is 2. The second kappa shape index (κ2) is 6.45. The summed E-state index contributed by atoms with van der Waals surface area (Å²) in [5.74, 6) is 0.0452. The Labute approximate surface area is 141 Å². The fraction of sp³-hybridized carbons (Fsp3) is 0.176. The molecule has 2 atom stereocenters. The standard InChI is InChI=1S/C17H16N2O4S/c1-10-16(20)19-14-9-12(5-8-15(14)23-10)18-17(21)11-3-6-13(7-4-11)24(2)22/h3-10H,1-2H3,(H,18,21)(H,19,20)/t10-,24-/m0/s1. The highest BCUT2D eigenvalue weighted by molar-refractivity contribution is 7.84. The van der Waals surface area contributed by atoms with E-state index in [1.165, 1.54) is 0 Å². The van der Waals surface area contributed by atoms with Gasteiger partial charge in [-0.25, -0.2) is 0 Å². The molecule has 2 aromatic rings. The zero-order chi connectivity index (χ0) is 17.3. The van der Waals surface area contributed by atoms with E-state index in [2.05, 4.69) is 10.6 Å². The molecule has 24 heavy (non-hydrogen) atoms. The molecule has 0 fully saturated rings. The molecule has 0 saturated heterocycles. The molecule has 2 N–H and O–H groups in total. The van der Waals surface area contributed by atoms with E-state index < -0.39 is 16.9 Å². The molecule has 0 radical (unpaired) electrons. The van der Waals surface area contributed by atoms with Gasteiger partial charge in [0.15, 0.2) is 6.10 Å². The predicted molar refractivity (Wildman–Crippen MR) is 91.9 cm³/mol. The van der Waals surface area contributed by atoms with Crippen LogP contribution < -0.4 is 15.4 Å². The minimum atomic E-state index is -1.08. The van der Waals surface area contributed by atoms with E-state index in [1.54, 1.807) is 55.6 Å². The normalized spacial score (nSPS) is 17.2. The third-order valence-electron chi connectivity index (χ3n) is 3.62. The molecule has 0 aromatic heterocycles. The number of nitrogens with one attached hydrogen (secondary N) is 2. The Bertz CT molecular complexity index is 833. The van der Waals surface area contributed by atoms with Crippen molar-refractivity contribution in [3.63, 3.8) is 0 Å². The lowest BCUT2D eigenvalue weighted by Crippen LogP contribution is -2.34. The molecule has 0 unspecified atom stereocenters. The van der Waals surface area contributed by atoms with Gasteiger partial charge in [0, 0.05) is 33.2 Å². The summed E-state index contributed by atoms with van der Waals surface area (Å²) in [6.07, 6.45) is 1.04. The van der Waals surface area contributed by atoms with Crippen LogP contribution in [0.5, 0.6) is 5.75 Å². The van der Waals surface area contributed by atoms with Crippen molar-refractivity contribution in [2.24, 2.45) is 0 Å². The van der Waals surface area contributed by atoms with Gasteiger partial charge in [-0.15, -0.1) is 0 Å². The maximum absolute atomic E-state index is 12.3. The Balaban J connectivity index is 1.76. The number of fused-ring (bicyclic) bond motifs is 1. The molecule has 1 heterocycles. The van der Waals surface area contributed by atoms with Crippen LogP contribution in [0.15, 0.2) is 47.4 Å². The highest BCUT2D eigenvalue weighted by Gasteiger charge is 2.23. The average molecular weight is 344 g/mol. The first-order chi connectivity index (χ1) is 11.4. The monoisotopic (exact) mass is 344 g/mol. The van der Waals surface area contributed by atoms with Crippen molar-refractivity contribution in [3.05, 3.63) is 48.0 Å². The Hall–Kier alpha value is -2.67. The smallest absolute Gasteiger partial charge is 0.265 e. The molecule has 7 heteroatoms. The minimum absolute atomic E-state index is 0.228. The van der Waals surface area contributed by atoms with Crippen molar-refractivity contribution in [3.8, 4) is 5.75 Å². The van der Waals surface area contributed by atoms with Gasteiger partial charge in [0.25, 0.3) is 11.8 Å². The lowest BCUT2D eigenvalue weighted by atomic mass is 10.2. The van der Waals surface area contributed by atoms with Crippen LogP contribution in [0.4, 0.5) is 11.4 Å². The van der Waals surface area contributed by atoms with Crippen LogP contribution in [-0.4, -0.2) is 28.4 Å². The van der Waals surface area contributed by atoms with Gasteiger partial charge in [-0.1, -0.05) is 0 Å². The third kappa shape index (κ3) is 3.30. The Morgan fingerprint density at radius 3 is 2.58 bits per heavy atom. The van der Waals surface area contributed by atoms with E-state index >= 15 is 0 Å². The number of ether oxygens (including phenoxy) is 1. The van der Waals surface area contributed by atoms with Gasteiger partial charge in [0.1, 0.15) is 5.75 Å². The zero-order valence-electron chi connectivity index (χ0n) is 13.2. The number of carbonyl (C=O) groups is 2. The van der Waals surface area contributed by atoms with E-state index in [4.69, 9.17) is 4.74 Å². The number of benzene rings is 2. The largest absolute Gasteiger partial charge is 0.479 e. The fourth-order valence-electron chi connectivity index (χ4n) is 2.29. The molecule has 0 spiro atoms. The first-order valence-electron chi connectivity index (χ1n) is 7.30. The lowest BCUT2D eigenvalue weighted by Gasteiger charge is -2.23. The van der Waals surface area contributed by atoms with Crippen molar-refractivity contribution in [2.45, 2.75) is 17.9 Å². The SMILES string of the molecule is C[C@@H]1Oc2ccc(NC(=O)c3ccc([S@](C)=O)cc3)cc2NC1=O. The van der Waals surface area contributed by atoms with Gasteiger partial charge in [0.2, 0.25) is 0 Å². The summed E-state index contributed by atoms with van der Waals surface area (Å²) in [5, 5.41) is 5.50. The van der Waals surface area contributed by atoms with E-state index in [0.717, 1.165) is 0 Å². The number of rotatable bonds is 3. The van der Waals surface area contributed by atoms with Crippen LogP contribution in [0.25, 0.3) is 0 Å². The molecule has 1 aliphatic rings. The van der Waals surface area contributed by atoms with E-state index in [9.17, 15) is 13.8 Å². The summed E-state index contributed by atoms with van der Waals surface area (Å²) in [4.78, 5) is 24.6. The quantitative estimate of drug-likeness (QED) is 0.895. The first kappa shape index (κ1) is 16.2. The number of hydrogen-bond acceptors (Lipinski definition) is 4. The summed E-state index contributed by atoms with van der Waals surface area (Å²) in [5.41, 5.74) is 1.52. The van der Waals surface area contributed by atoms with E-state index in [-0.39, 0.29) is 11.8 Å². The molecule has 1 aliphatic heterocycles. The number of carbonyl (C=O) groups excluding carboxylic acids is 2. The molecule has 0 bridgehead atoms. The van der Waals surface area contributed by atoms with Crippen LogP contribution in [0.3, 0.4) is 0 Å². The maximum atomic E-state index is 12.3. The molecular formula is C17H16N2O4S. The topological polar surface area (TPSA) is 84.5 Å². The third-order valence-corrected chi connectivity index (χ3v) is 4.55. The fourth-order valence-corrected chi connectivity index (χ4v) is 2.81. The van der Waals surface area contributed by atoms with Crippen molar-refractivity contribution in [1.29, 1.82) is 0 Å². The Morgan fingerprint density at radius 2 is 1.92 bits per heavy atom. The van der Waals surface area contributed by atoms with Gasteiger partial charge in [-0.3, -0.25) is 13.8 Å². The lowest BCUT2D eigenvalue weighted by molar-refractivity contribution is -0.122. The van der Waals surface area contributed by atoms with E-state index in [0.29, 0.717) is 27.6 Å². The highest BCUT2D eigenvalue weighted by Crippen LogP contribution is 2.32. The number of hydrogen-bond donors (Lipinski definition) is 2. The second-order valence-electron chi connectivity index (χ2n) is 5.39. The zero-order valence-corrected chi connectivity index (χ0v) is 14.0. The summed E-state index contributed by atoms with van der Waals surface area (Å²) in [6, 6.07) is 11.6. The van der Waals surface area contributed by atoms with Crippen molar-refractivity contribution in [2.75, 3.05) is 16.9 Å². The minimum Gasteiger partial charge on any atom is -0.479 e. The van der Waals surface area contributed by atoms with Crippen LogP contribution in [0.2, 0.25) is 0 Å². The molecule has 6 nitrogen and oxygen atoms in total. The second-order valence-corrected chi connectivity index (χ2v) is 6.77. The molecule has 2 aromatic carbocycles. The summed E-state index contributed by atoms with van der Waals surface area (Å²) in [7, 11) is -1.08. The van der Waals surface area contributed by atoms with Crippen LogP contribution >= 0.6 is 0 Å². The maximum Gasteiger partial charge on any atom is 0.265 e. The van der Waals surface area contributed by atoms with Gasteiger partial charge in [-0.05, 0) is 49.4 Å². The average Bonchev–Trinajstić information content (AvgIpc) is 2.56. The predicted octanol–water partition coefficient (Wildman–Crippen LogP) is 2.40. The number of amides is 2. The van der Waals surface area contributed by atoms with Crippen molar-refractivity contribution >= 4 is 34.0 Å². The van der Waals surface area contributed by atoms with Crippen LogP contribution in [0, 0.1) is 0 Å². The van der Waals surface area contributed by atoms with Gasteiger partial charge < -0.3 is 15.4 Å². The molecular weight excluding hydrogens is 328 g/mol.